The highest BCUT2D eigenvalue weighted by atomic mass is 32.1. The van der Waals surface area contributed by atoms with Crippen molar-refractivity contribution in [3.63, 3.8) is 0 Å². The number of carbonyl (C=O) groups excluding carboxylic acids is 3. The Bertz CT molecular complexity index is 682. The number of hydrogen-bond donors (Lipinski definition) is 0. The largest absolute Gasteiger partial charge is 0.334 e. The Morgan fingerprint density at radius 2 is 1.48 bits per heavy atom. The van der Waals surface area contributed by atoms with E-state index in [0.29, 0.717) is 0 Å². The zero-order valence-corrected chi connectivity index (χ0v) is 11.9. The lowest BCUT2D eigenvalue weighted by Gasteiger charge is -2.14. The van der Waals surface area contributed by atoms with Crippen molar-refractivity contribution in [1.82, 2.24) is 9.80 Å². The van der Waals surface area contributed by atoms with E-state index in [0.717, 1.165) is 20.2 Å². The molecule has 4 amide bonds. The van der Waals surface area contributed by atoms with E-state index < -0.39 is 17.8 Å². The van der Waals surface area contributed by atoms with E-state index in [4.69, 9.17) is 0 Å². The number of imide groups is 2. The molecule has 0 unspecified atom stereocenters. The number of hydrogen-bond acceptors (Lipinski definition) is 4. The Morgan fingerprint density at radius 1 is 0.810 bits per heavy atom. The van der Waals surface area contributed by atoms with Crippen molar-refractivity contribution in [2.75, 3.05) is 0 Å². The second-order valence-corrected chi connectivity index (χ2v) is 5.66. The van der Waals surface area contributed by atoms with Crippen molar-refractivity contribution in [1.29, 1.82) is 0 Å². The Kier molecular flexibility index (Phi) is 3.53. The normalized spacial score (nSPS) is 15.1. The Labute approximate surface area is 125 Å². The fourth-order valence-electron chi connectivity index (χ4n) is 2.15. The molecule has 1 aromatic carbocycles. The van der Waals surface area contributed by atoms with Gasteiger partial charge in [0.2, 0.25) is 0 Å². The van der Waals surface area contributed by atoms with Gasteiger partial charge in [0.15, 0.2) is 0 Å². The minimum atomic E-state index is -0.764. The second kappa shape index (κ2) is 5.49. The predicted octanol–water partition coefficient (Wildman–Crippen LogP) is 2.24. The molecule has 0 radical (unpaired) electrons. The molecule has 5 nitrogen and oxygen atoms in total. The number of rotatable bonds is 4. The van der Waals surface area contributed by atoms with Crippen LogP contribution in [0.3, 0.4) is 0 Å². The summed E-state index contributed by atoms with van der Waals surface area (Å²) in [7, 11) is 0. The van der Waals surface area contributed by atoms with Gasteiger partial charge in [0, 0.05) is 4.88 Å². The minimum Gasteiger partial charge on any atom is -0.263 e. The molecule has 0 atom stereocenters. The Balaban J connectivity index is 1.79. The van der Waals surface area contributed by atoms with Crippen molar-refractivity contribution in [3.05, 3.63) is 58.3 Å². The van der Waals surface area contributed by atoms with Gasteiger partial charge in [0.05, 0.1) is 13.1 Å². The van der Waals surface area contributed by atoms with Crippen molar-refractivity contribution in [2.24, 2.45) is 0 Å². The van der Waals surface area contributed by atoms with Gasteiger partial charge < -0.3 is 0 Å². The van der Waals surface area contributed by atoms with Crippen LogP contribution in [0.25, 0.3) is 0 Å². The maximum absolute atomic E-state index is 12.3. The molecule has 1 fully saturated rings. The van der Waals surface area contributed by atoms with Crippen LogP contribution in [0.4, 0.5) is 4.79 Å². The first-order valence-corrected chi connectivity index (χ1v) is 7.28. The van der Waals surface area contributed by atoms with Gasteiger partial charge in [0.1, 0.15) is 0 Å². The van der Waals surface area contributed by atoms with Gasteiger partial charge in [-0.3, -0.25) is 19.4 Å². The molecule has 0 saturated carbocycles. The third kappa shape index (κ3) is 2.57. The van der Waals surface area contributed by atoms with Gasteiger partial charge in [-0.2, -0.15) is 0 Å². The van der Waals surface area contributed by atoms with Crippen molar-refractivity contribution < 1.29 is 14.4 Å². The van der Waals surface area contributed by atoms with Crippen LogP contribution in [0.1, 0.15) is 10.4 Å². The van der Waals surface area contributed by atoms with Gasteiger partial charge >= 0.3 is 17.8 Å². The number of thiophene rings is 1. The van der Waals surface area contributed by atoms with E-state index in [1.807, 2.05) is 47.8 Å². The molecule has 0 bridgehead atoms. The van der Waals surface area contributed by atoms with E-state index in [9.17, 15) is 14.4 Å². The fraction of sp³-hybridized carbons (Fsp3) is 0.133. The molecule has 2 heterocycles. The molecule has 0 N–H and O–H groups in total. The van der Waals surface area contributed by atoms with E-state index >= 15 is 0 Å². The highest BCUT2D eigenvalue weighted by Gasteiger charge is 2.44. The molecule has 2 aromatic rings. The number of benzene rings is 1. The first-order chi connectivity index (χ1) is 10.2. The average Bonchev–Trinajstić information content (AvgIpc) is 3.08. The van der Waals surface area contributed by atoms with Crippen LogP contribution in [0, 0.1) is 0 Å². The van der Waals surface area contributed by atoms with E-state index in [1.54, 1.807) is 0 Å². The monoisotopic (exact) mass is 300 g/mol. The molecule has 1 aromatic heterocycles. The molecule has 0 aliphatic carbocycles. The number of carbonyl (C=O) groups is 3. The Hall–Kier alpha value is -2.47. The third-order valence-electron chi connectivity index (χ3n) is 3.21. The molecular weight excluding hydrogens is 288 g/mol. The molecular formula is C15H12N2O3S. The molecule has 0 spiro atoms. The van der Waals surface area contributed by atoms with Gasteiger partial charge in [0.25, 0.3) is 0 Å². The van der Waals surface area contributed by atoms with Crippen LogP contribution in [-0.2, 0) is 22.7 Å². The summed E-state index contributed by atoms with van der Waals surface area (Å²) in [6.07, 6.45) is 0. The minimum absolute atomic E-state index is 0.116. The maximum Gasteiger partial charge on any atom is 0.334 e. The summed E-state index contributed by atoms with van der Waals surface area (Å²) in [4.78, 5) is 39.1. The van der Waals surface area contributed by atoms with Gasteiger partial charge in [-0.05, 0) is 17.0 Å². The SMILES string of the molecule is O=C1C(=O)N(Cc2cccs2)C(=O)N1Cc1ccccc1. The topological polar surface area (TPSA) is 57.7 Å². The van der Waals surface area contributed by atoms with Crippen molar-refractivity contribution >= 4 is 29.2 Å². The lowest BCUT2D eigenvalue weighted by molar-refractivity contribution is -0.143. The second-order valence-electron chi connectivity index (χ2n) is 4.63. The smallest absolute Gasteiger partial charge is 0.263 e. The van der Waals surface area contributed by atoms with Crippen LogP contribution < -0.4 is 0 Å². The standard InChI is InChI=1S/C15H12N2O3S/c18-13-14(19)17(10-12-7-4-8-21-12)15(20)16(13)9-11-5-2-1-3-6-11/h1-8H,9-10H2. The predicted molar refractivity (Wildman–Crippen MR) is 77.3 cm³/mol. The fourth-order valence-corrected chi connectivity index (χ4v) is 2.85. The van der Waals surface area contributed by atoms with Crippen LogP contribution in [-0.4, -0.2) is 27.6 Å². The zero-order valence-electron chi connectivity index (χ0n) is 11.1. The van der Waals surface area contributed by atoms with Crippen LogP contribution in [0.2, 0.25) is 0 Å². The first-order valence-electron chi connectivity index (χ1n) is 6.40. The molecule has 6 heteroatoms. The summed E-state index contributed by atoms with van der Waals surface area (Å²) in [6.45, 7) is 0.261. The highest BCUT2D eigenvalue weighted by molar-refractivity contribution is 7.09. The lowest BCUT2D eigenvalue weighted by atomic mass is 10.2. The van der Waals surface area contributed by atoms with E-state index in [1.165, 1.54) is 11.3 Å². The van der Waals surface area contributed by atoms with Crippen molar-refractivity contribution in [2.45, 2.75) is 13.1 Å². The average molecular weight is 300 g/mol. The van der Waals surface area contributed by atoms with Gasteiger partial charge in [-0.1, -0.05) is 36.4 Å². The first kappa shape index (κ1) is 13.5. The van der Waals surface area contributed by atoms with E-state index in [-0.39, 0.29) is 13.1 Å². The molecule has 106 valence electrons. The number of urea groups is 1. The zero-order chi connectivity index (χ0) is 14.8. The summed E-state index contributed by atoms with van der Waals surface area (Å²) in [5, 5.41) is 1.86. The lowest BCUT2D eigenvalue weighted by Crippen LogP contribution is -2.32. The molecule has 3 rings (SSSR count). The van der Waals surface area contributed by atoms with E-state index in [2.05, 4.69) is 0 Å². The third-order valence-corrected chi connectivity index (χ3v) is 4.07. The van der Waals surface area contributed by atoms with Gasteiger partial charge in [-0.25, -0.2) is 4.79 Å². The molecule has 21 heavy (non-hydrogen) atoms. The van der Waals surface area contributed by atoms with Gasteiger partial charge in [-0.15, -0.1) is 11.3 Å². The van der Waals surface area contributed by atoms with Crippen LogP contribution >= 0.6 is 11.3 Å². The van der Waals surface area contributed by atoms with Crippen LogP contribution in [0.15, 0.2) is 47.8 Å². The maximum atomic E-state index is 12.3. The van der Waals surface area contributed by atoms with Crippen molar-refractivity contribution in [3.8, 4) is 0 Å². The molecule has 1 aliphatic rings. The number of nitrogens with zero attached hydrogens (tertiary/aromatic N) is 2. The van der Waals surface area contributed by atoms with Crippen LogP contribution in [0.5, 0.6) is 0 Å². The summed E-state index contributed by atoms with van der Waals surface area (Å²) in [5.74, 6) is -1.52. The quantitative estimate of drug-likeness (QED) is 0.643. The summed E-state index contributed by atoms with van der Waals surface area (Å²) < 4.78 is 0. The summed E-state index contributed by atoms with van der Waals surface area (Å²) in [6, 6.07) is 12.2. The number of amides is 4. The summed E-state index contributed by atoms with van der Waals surface area (Å²) in [5.41, 5.74) is 0.810. The molecule has 1 saturated heterocycles. The molecule has 1 aliphatic heterocycles. The summed E-state index contributed by atoms with van der Waals surface area (Å²) >= 11 is 1.44. The highest BCUT2D eigenvalue weighted by Crippen LogP contribution is 2.20. The Morgan fingerprint density at radius 3 is 2.10 bits per heavy atom.